The van der Waals surface area contributed by atoms with E-state index >= 15 is 0 Å². The summed E-state index contributed by atoms with van der Waals surface area (Å²) in [6, 6.07) is -1.55. The highest BCUT2D eigenvalue weighted by Crippen LogP contribution is 2.31. The molecule has 20 nitrogen and oxygen atoms in total. The zero-order chi connectivity index (χ0) is 30.8. The van der Waals surface area contributed by atoms with Crippen LogP contribution in [-0.2, 0) is 43.1 Å². The van der Waals surface area contributed by atoms with E-state index in [1.54, 1.807) is 0 Å². The van der Waals surface area contributed by atoms with Crippen LogP contribution in [-0.4, -0.2) is 177 Å². The van der Waals surface area contributed by atoms with Crippen molar-refractivity contribution < 1.29 is 91.6 Å². The summed E-state index contributed by atoms with van der Waals surface area (Å²) >= 11 is 0. The van der Waals surface area contributed by atoms with E-state index in [2.05, 4.69) is 9.50 Å². The number of nitrogens with one attached hydrogen (secondary N) is 1. The van der Waals surface area contributed by atoms with Gasteiger partial charge >= 0.3 is 10.4 Å². The van der Waals surface area contributed by atoms with Crippen molar-refractivity contribution in [2.75, 3.05) is 19.8 Å². The van der Waals surface area contributed by atoms with Crippen LogP contribution in [0.15, 0.2) is 0 Å². The molecule has 0 spiro atoms. The molecule has 3 saturated heterocycles. The first-order valence-electron chi connectivity index (χ1n) is 12.2. The molecule has 11 N–H and O–H groups in total. The van der Waals surface area contributed by atoms with Crippen molar-refractivity contribution >= 4 is 16.3 Å². The van der Waals surface area contributed by atoms with E-state index in [0.717, 1.165) is 6.92 Å². The number of hydrogen-bond donors (Lipinski definition) is 11. The number of amides is 1. The lowest BCUT2D eigenvalue weighted by molar-refractivity contribution is -0.351. The number of ether oxygens (including phenoxy) is 5. The molecule has 21 heteroatoms. The van der Waals surface area contributed by atoms with E-state index in [1.165, 1.54) is 0 Å². The fourth-order valence-corrected chi connectivity index (χ4v) is 4.81. The molecule has 3 heterocycles. The standard InChI is InChI=1S/C20H35NO19S/c1-5(23)21-9-12(26)17(40-20-16(30)14(28)10(24)6(2-22)38-20)8(4-36-41(32,33)34)39-19(9)35-3-7-11(25)13(27)15(29)18(31)37-7/h6-20,22,24-31H,2-4H2,1H3,(H,21,23)(H,32,33,34)/t6-,7-,8-,9-,10+,11+,12-,13+,14+,15-,16-,17-,18?,19-,20+/m1/s1. The highest BCUT2D eigenvalue weighted by Gasteiger charge is 2.52. The minimum absolute atomic E-state index is 0.695. The van der Waals surface area contributed by atoms with Gasteiger partial charge in [-0.1, -0.05) is 0 Å². The maximum Gasteiger partial charge on any atom is 0.397 e. The van der Waals surface area contributed by atoms with Crippen LogP contribution in [0.4, 0.5) is 0 Å². The summed E-state index contributed by atoms with van der Waals surface area (Å²) in [4.78, 5) is 11.9. The van der Waals surface area contributed by atoms with Gasteiger partial charge in [0.15, 0.2) is 18.9 Å². The Labute approximate surface area is 232 Å². The Balaban J connectivity index is 1.84. The molecule has 1 unspecified atom stereocenters. The van der Waals surface area contributed by atoms with Crippen molar-refractivity contribution in [3.05, 3.63) is 0 Å². The topological polar surface area (TPSA) is 321 Å². The van der Waals surface area contributed by atoms with Gasteiger partial charge in [0, 0.05) is 6.92 Å². The SMILES string of the molecule is CC(=O)N[C@H]1[C@H](OC[C@H]2OC(O)[C@H](O)[C@@H](O)[C@H]2O)O[C@H](COS(=O)(=O)O)[C@@H](O[C@@H]2O[C@H](CO)[C@H](O)[C@H](O)[C@H]2O)[C@@H]1O. The maximum absolute atomic E-state index is 11.9. The van der Waals surface area contributed by atoms with Gasteiger partial charge in [-0.25, -0.2) is 4.18 Å². The third-order valence-corrected chi connectivity index (χ3v) is 7.11. The molecule has 3 fully saturated rings. The zero-order valence-electron chi connectivity index (χ0n) is 21.3. The molecular weight excluding hydrogens is 590 g/mol. The summed E-state index contributed by atoms with van der Waals surface area (Å²) < 4.78 is 62.8. The van der Waals surface area contributed by atoms with Crippen molar-refractivity contribution in [2.45, 2.75) is 99.0 Å². The quantitative estimate of drug-likeness (QED) is 0.100. The average molecular weight is 626 g/mol. The van der Waals surface area contributed by atoms with Crippen LogP contribution in [0.25, 0.3) is 0 Å². The van der Waals surface area contributed by atoms with Crippen molar-refractivity contribution in [3.8, 4) is 0 Å². The van der Waals surface area contributed by atoms with Crippen molar-refractivity contribution in [2.24, 2.45) is 0 Å². The van der Waals surface area contributed by atoms with Crippen LogP contribution in [0.3, 0.4) is 0 Å². The third kappa shape index (κ3) is 8.24. The van der Waals surface area contributed by atoms with E-state index in [0.29, 0.717) is 0 Å². The highest BCUT2D eigenvalue weighted by molar-refractivity contribution is 7.80. The van der Waals surface area contributed by atoms with Gasteiger partial charge in [-0.2, -0.15) is 8.42 Å². The normalized spacial score (nSPS) is 45.8. The molecule has 0 aromatic heterocycles. The van der Waals surface area contributed by atoms with Crippen molar-refractivity contribution in [1.29, 1.82) is 0 Å². The van der Waals surface area contributed by atoms with Gasteiger partial charge in [0.25, 0.3) is 0 Å². The van der Waals surface area contributed by atoms with Crippen LogP contribution in [0.1, 0.15) is 6.92 Å². The Morgan fingerprint density at radius 3 is 1.93 bits per heavy atom. The molecule has 0 aliphatic carbocycles. The van der Waals surface area contributed by atoms with Gasteiger partial charge in [-0.05, 0) is 0 Å². The summed E-state index contributed by atoms with van der Waals surface area (Å²) in [7, 11) is -5.09. The number of carbonyl (C=O) groups is 1. The molecule has 15 atom stereocenters. The number of aliphatic hydroxyl groups excluding tert-OH is 9. The highest BCUT2D eigenvalue weighted by atomic mass is 32.3. The van der Waals surface area contributed by atoms with Gasteiger partial charge in [0.05, 0.1) is 19.8 Å². The summed E-state index contributed by atoms with van der Waals surface area (Å²) in [5.74, 6) is -0.742. The van der Waals surface area contributed by atoms with Crippen LogP contribution in [0.5, 0.6) is 0 Å². The summed E-state index contributed by atoms with van der Waals surface area (Å²) in [5.41, 5.74) is 0. The molecule has 0 aromatic rings. The molecule has 0 radical (unpaired) electrons. The first kappa shape index (κ1) is 34.3. The lowest BCUT2D eigenvalue weighted by Crippen LogP contribution is -2.68. The van der Waals surface area contributed by atoms with E-state index in [4.69, 9.17) is 28.2 Å². The Kier molecular flexibility index (Phi) is 11.7. The second-order valence-corrected chi connectivity index (χ2v) is 10.7. The molecule has 1 amide bonds. The molecule has 3 aliphatic rings. The molecule has 3 rings (SSSR count). The largest absolute Gasteiger partial charge is 0.397 e. The van der Waals surface area contributed by atoms with Gasteiger partial charge in [-0.3, -0.25) is 9.35 Å². The van der Waals surface area contributed by atoms with Crippen LogP contribution < -0.4 is 5.32 Å². The average Bonchev–Trinajstić information content (AvgIpc) is 2.90. The maximum atomic E-state index is 11.9. The number of rotatable bonds is 10. The van der Waals surface area contributed by atoms with Gasteiger partial charge in [0.2, 0.25) is 5.91 Å². The second kappa shape index (κ2) is 14.0. The predicted octanol–water partition coefficient (Wildman–Crippen LogP) is -7.60. The van der Waals surface area contributed by atoms with Crippen molar-refractivity contribution in [3.63, 3.8) is 0 Å². The Morgan fingerprint density at radius 2 is 1.34 bits per heavy atom. The molecular formula is C20H35NO19S. The minimum Gasteiger partial charge on any atom is -0.394 e. The summed E-state index contributed by atoms with van der Waals surface area (Å²) in [6.45, 7) is -1.53. The Hall–Kier alpha value is -1.22. The fourth-order valence-electron chi connectivity index (χ4n) is 4.50. The smallest absolute Gasteiger partial charge is 0.394 e. The van der Waals surface area contributed by atoms with Crippen molar-refractivity contribution in [1.82, 2.24) is 5.32 Å². The van der Waals surface area contributed by atoms with Gasteiger partial charge in [-0.15, -0.1) is 0 Å². The minimum atomic E-state index is -5.09. The molecule has 0 aromatic carbocycles. The van der Waals surface area contributed by atoms with E-state index < -0.39 is 128 Å². The molecule has 0 saturated carbocycles. The van der Waals surface area contributed by atoms with E-state index in [1.807, 2.05) is 0 Å². The fraction of sp³-hybridized carbons (Fsp3) is 0.950. The van der Waals surface area contributed by atoms with Crippen LogP contribution >= 0.6 is 0 Å². The number of carbonyl (C=O) groups excluding carboxylic acids is 1. The predicted molar refractivity (Wildman–Crippen MR) is 123 cm³/mol. The van der Waals surface area contributed by atoms with Crippen LogP contribution in [0, 0.1) is 0 Å². The second-order valence-electron chi connectivity index (χ2n) is 9.64. The lowest BCUT2D eigenvalue weighted by Gasteiger charge is -2.47. The molecule has 3 aliphatic heterocycles. The molecule has 0 bridgehead atoms. The number of hydrogen-bond acceptors (Lipinski definition) is 18. The molecule has 240 valence electrons. The first-order chi connectivity index (χ1) is 19.0. The third-order valence-electron chi connectivity index (χ3n) is 6.68. The first-order valence-corrected chi connectivity index (χ1v) is 13.6. The lowest BCUT2D eigenvalue weighted by atomic mass is 9.95. The Bertz CT molecular complexity index is 970. The number of aliphatic hydroxyl groups is 9. The monoisotopic (exact) mass is 625 g/mol. The van der Waals surface area contributed by atoms with Gasteiger partial charge < -0.3 is 75.0 Å². The Morgan fingerprint density at radius 1 is 0.756 bits per heavy atom. The zero-order valence-corrected chi connectivity index (χ0v) is 22.2. The van der Waals surface area contributed by atoms with E-state index in [-0.39, 0.29) is 0 Å². The van der Waals surface area contributed by atoms with Gasteiger partial charge in [0.1, 0.15) is 73.2 Å². The summed E-state index contributed by atoms with van der Waals surface area (Å²) in [6.07, 6.45) is -24.9. The van der Waals surface area contributed by atoms with E-state index in [9.17, 15) is 59.2 Å². The molecule has 41 heavy (non-hydrogen) atoms. The summed E-state index contributed by atoms with van der Waals surface area (Å²) in [5, 5.41) is 92.7. The van der Waals surface area contributed by atoms with Crippen LogP contribution in [0.2, 0.25) is 0 Å².